The Balaban J connectivity index is 1.90. The number of carbonyl (C=O) groups is 1. The smallest absolute Gasteiger partial charge is 0.416 e. The number of piperazine rings is 1. The van der Waals surface area contributed by atoms with Crippen molar-refractivity contribution in [2.75, 3.05) is 18.0 Å². The minimum absolute atomic E-state index is 0.117. The van der Waals surface area contributed by atoms with E-state index in [1.165, 1.54) is 17.2 Å². The Morgan fingerprint density at radius 2 is 1.92 bits per heavy atom. The second kappa shape index (κ2) is 6.05. The minimum Gasteiger partial charge on any atom is -0.465 e. The number of halogens is 3. The zero-order chi connectivity index (χ0) is 18.4. The maximum absolute atomic E-state index is 12.8. The van der Waals surface area contributed by atoms with E-state index >= 15 is 0 Å². The number of anilines is 1. The second-order valence-corrected chi connectivity index (χ2v) is 6.21. The predicted molar refractivity (Wildman–Crippen MR) is 85.5 cm³/mol. The molecule has 0 spiro atoms. The molecular formula is C16H17F3N4O2. The van der Waals surface area contributed by atoms with Gasteiger partial charge in [0.1, 0.15) is 5.82 Å². The van der Waals surface area contributed by atoms with Crippen LogP contribution in [0.1, 0.15) is 19.4 Å². The van der Waals surface area contributed by atoms with Crippen molar-refractivity contribution in [2.45, 2.75) is 32.1 Å². The van der Waals surface area contributed by atoms with Crippen LogP contribution in [0.4, 0.5) is 23.8 Å². The second-order valence-electron chi connectivity index (χ2n) is 6.21. The first-order valence-corrected chi connectivity index (χ1v) is 7.77. The lowest BCUT2D eigenvalue weighted by atomic mass is 10.1. The van der Waals surface area contributed by atoms with E-state index in [1.54, 1.807) is 6.92 Å². The SMILES string of the molecule is C[C@@H]1CN(c2cnc3cc(C(F)(F)F)ccc3n2)[C@@H](C)CN1C(=O)O. The third kappa shape index (κ3) is 3.31. The zero-order valence-electron chi connectivity index (χ0n) is 13.7. The first kappa shape index (κ1) is 17.2. The molecule has 0 unspecified atom stereocenters. The summed E-state index contributed by atoms with van der Waals surface area (Å²) in [7, 11) is 0. The van der Waals surface area contributed by atoms with Gasteiger partial charge in [0.25, 0.3) is 0 Å². The molecule has 1 aromatic heterocycles. The van der Waals surface area contributed by atoms with Crippen LogP contribution in [0.5, 0.6) is 0 Å². The van der Waals surface area contributed by atoms with E-state index in [9.17, 15) is 23.1 Å². The standard InChI is InChI=1S/C16H17F3N4O2/c1-9-8-23(15(24)25)10(2)7-22(9)14-6-20-13-5-11(16(17,18)19)3-4-12(13)21-14/h3-6,9-10H,7-8H2,1-2H3,(H,24,25)/t9-,10+/m0/s1. The molecule has 25 heavy (non-hydrogen) atoms. The van der Waals surface area contributed by atoms with Crippen LogP contribution < -0.4 is 4.90 Å². The van der Waals surface area contributed by atoms with E-state index in [-0.39, 0.29) is 17.6 Å². The van der Waals surface area contributed by atoms with Crippen LogP contribution >= 0.6 is 0 Å². The highest BCUT2D eigenvalue weighted by atomic mass is 19.4. The van der Waals surface area contributed by atoms with Crippen molar-refractivity contribution in [2.24, 2.45) is 0 Å². The maximum Gasteiger partial charge on any atom is 0.416 e. The number of hydrogen-bond acceptors (Lipinski definition) is 4. The average Bonchev–Trinajstić information content (AvgIpc) is 2.54. The van der Waals surface area contributed by atoms with Gasteiger partial charge in [0.15, 0.2) is 0 Å². The van der Waals surface area contributed by atoms with E-state index in [2.05, 4.69) is 9.97 Å². The van der Waals surface area contributed by atoms with Gasteiger partial charge in [0, 0.05) is 25.2 Å². The monoisotopic (exact) mass is 354 g/mol. The minimum atomic E-state index is -4.42. The van der Waals surface area contributed by atoms with Gasteiger partial charge in [-0.25, -0.2) is 9.78 Å². The lowest BCUT2D eigenvalue weighted by molar-refractivity contribution is -0.137. The molecule has 1 aliphatic heterocycles. The quantitative estimate of drug-likeness (QED) is 0.851. The van der Waals surface area contributed by atoms with E-state index in [1.807, 2.05) is 11.8 Å². The number of nitrogens with zero attached hydrogens (tertiary/aromatic N) is 4. The Morgan fingerprint density at radius 1 is 1.20 bits per heavy atom. The molecule has 0 bridgehead atoms. The summed E-state index contributed by atoms with van der Waals surface area (Å²) in [5.74, 6) is 0.525. The fourth-order valence-electron chi connectivity index (χ4n) is 3.03. The Hall–Kier alpha value is -2.58. The van der Waals surface area contributed by atoms with Crippen LogP contribution in [0.2, 0.25) is 0 Å². The summed E-state index contributed by atoms with van der Waals surface area (Å²) in [6.07, 6.45) is -3.96. The lowest BCUT2D eigenvalue weighted by Crippen LogP contribution is -2.58. The van der Waals surface area contributed by atoms with Crippen molar-refractivity contribution >= 4 is 22.9 Å². The van der Waals surface area contributed by atoms with E-state index in [0.29, 0.717) is 24.4 Å². The number of aromatic nitrogens is 2. The number of rotatable bonds is 1. The van der Waals surface area contributed by atoms with Crippen molar-refractivity contribution in [1.82, 2.24) is 14.9 Å². The molecule has 2 atom stereocenters. The van der Waals surface area contributed by atoms with Crippen LogP contribution in [-0.2, 0) is 6.18 Å². The third-order valence-electron chi connectivity index (χ3n) is 4.38. The highest BCUT2D eigenvalue weighted by Gasteiger charge is 2.33. The lowest BCUT2D eigenvalue weighted by Gasteiger charge is -2.43. The van der Waals surface area contributed by atoms with Gasteiger partial charge in [-0.15, -0.1) is 0 Å². The zero-order valence-corrected chi connectivity index (χ0v) is 13.7. The molecule has 3 rings (SSSR count). The van der Waals surface area contributed by atoms with Gasteiger partial charge in [-0.05, 0) is 32.0 Å². The van der Waals surface area contributed by atoms with Crippen molar-refractivity contribution in [1.29, 1.82) is 0 Å². The predicted octanol–water partition coefficient (Wildman–Crippen LogP) is 3.23. The van der Waals surface area contributed by atoms with Crippen LogP contribution in [-0.4, -0.2) is 51.2 Å². The van der Waals surface area contributed by atoms with Gasteiger partial charge in [-0.3, -0.25) is 4.98 Å². The average molecular weight is 354 g/mol. The fourth-order valence-corrected chi connectivity index (χ4v) is 3.03. The summed E-state index contributed by atoms with van der Waals surface area (Å²) < 4.78 is 38.3. The molecule has 6 nitrogen and oxygen atoms in total. The fraction of sp³-hybridized carbons (Fsp3) is 0.438. The maximum atomic E-state index is 12.8. The number of carboxylic acid groups (broad SMARTS) is 1. The first-order valence-electron chi connectivity index (χ1n) is 7.77. The normalized spacial score (nSPS) is 21.6. The van der Waals surface area contributed by atoms with Crippen molar-refractivity contribution < 1.29 is 23.1 Å². The number of fused-ring (bicyclic) bond motifs is 1. The Morgan fingerprint density at radius 3 is 2.56 bits per heavy atom. The number of benzene rings is 1. The summed E-state index contributed by atoms with van der Waals surface area (Å²) in [4.78, 5) is 23.0. The van der Waals surface area contributed by atoms with Gasteiger partial charge >= 0.3 is 12.3 Å². The Labute approximate surface area is 141 Å². The molecule has 1 amide bonds. The van der Waals surface area contributed by atoms with Crippen molar-refractivity contribution in [3.63, 3.8) is 0 Å². The topological polar surface area (TPSA) is 69.6 Å². The molecule has 0 aliphatic carbocycles. The molecular weight excluding hydrogens is 337 g/mol. The summed E-state index contributed by atoms with van der Waals surface area (Å²) in [5.41, 5.74) is -0.228. The highest BCUT2D eigenvalue weighted by Crippen LogP contribution is 2.31. The van der Waals surface area contributed by atoms with Crippen molar-refractivity contribution in [3.05, 3.63) is 30.0 Å². The van der Waals surface area contributed by atoms with Crippen LogP contribution in [0.3, 0.4) is 0 Å². The molecule has 0 radical (unpaired) electrons. The molecule has 2 aromatic rings. The molecule has 1 fully saturated rings. The number of hydrogen-bond donors (Lipinski definition) is 1. The molecule has 9 heteroatoms. The largest absolute Gasteiger partial charge is 0.465 e. The Bertz CT molecular complexity index is 812. The van der Waals surface area contributed by atoms with Gasteiger partial charge in [-0.2, -0.15) is 13.2 Å². The molecule has 2 heterocycles. The summed E-state index contributed by atoms with van der Waals surface area (Å²) in [5, 5.41) is 9.20. The molecule has 1 N–H and O–H groups in total. The Kier molecular flexibility index (Phi) is 4.18. The van der Waals surface area contributed by atoms with Crippen LogP contribution in [0.15, 0.2) is 24.4 Å². The van der Waals surface area contributed by atoms with Gasteiger partial charge in [0.2, 0.25) is 0 Å². The van der Waals surface area contributed by atoms with E-state index in [4.69, 9.17) is 0 Å². The van der Waals surface area contributed by atoms with E-state index in [0.717, 1.165) is 12.1 Å². The molecule has 0 saturated carbocycles. The molecule has 1 aromatic carbocycles. The van der Waals surface area contributed by atoms with Gasteiger partial charge in [0.05, 0.1) is 22.8 Å². The van der Waals surface area contributed by atoms with Crippen molar-refractivity contribution in [3.8, 4) is 0 Å². The summed E-state index contributed by atoms with van der Waals surface area (Å²) in [6.45, 7) is 4.44. The summed E-state index contributed by atoms with van der Waals surface area (Å²) >= 11 is 0. The van der Waals surface area contributed by atoms with Crippen LogP contribution in [0, 0.1) is 0 Å². The highest BCUT2D eigenvalue weighted by molar-refractivity contribution is 5.76. The number of alkyl halides is 3. The van der Waals surface area contributed by atoms with Crippen LogP contribution in [0.25, 0.3) is 11.0 Å². The first-order chi connectivity index (χ1) is 11.7. The molecule has 134 valence electrons. The summed E-state index contributed by atoms with van der Waals surface area (Å²) in [6, 6.07) is 2.92. The number of amides is 1. The van der Waals surface area contributed by atoms with Gasteiger partial charge in [-0.1, -0.05) is 0 Å². The molecule has 1 aliphatic rings. The van der Waals surface area contributed by atoms with E-state index < -0.39 is 17.8 Å². The third-order valence-corrected chi connectivity index (χ3v) is 4.38. The molecule has 1 saturated heterocycles. The van der Waals surface area contributed by atoms with Gasteiger partial charge < -0.3 is 14.9 Å².